The summed E-state index contributed by atoms with van der Waals surface area (Å²) in [5, 5.41) is 5.54. The van der Waals surface area contributed by atoms with Gasteiger partial charge in [0.25, 0.3) is 0 Å². The van der Waals surface area contributed by atoms with Gasteiger partial charge >= 0.3 is 0 Å². The summed E-state index contributed by atoms with van der Waals surface area (Å²) in [6, 6.07) is 5.58. The molecule has 120 valence electrons. The number of rotatable bonds is 7. The number of nitrogens with one attached hydrogen (secondary N) is 2. The molecule has 1 aromatic rings. The van der Waals surface area contributed by atoms with Crippen molar-refractivity contribution in [3.05, 3.63) is 23.8 Å². The molecule has 22 heavy (non-hydrogen) atoms. The van der Waals surface area contributed by atoms with Crippen LogP contribution in [0, 0.1) is 0 Å². The van der Waals surface area contributed by atoms with Crippen LogP contribution in [0.2, 0.25) is 0 Å². The van der Waals surface area contributed by atoms with Gasteiger partial charge in [0.15, 0.2) is 11.5 Å². The van der Waals surface area contributed by atoms with E-state index in [2.05, 4.69) is 10.6 Å². The first-order valence-electron chi connectivity index (χ1n) is 7.29. The van der Waals surface area contributed by atoms with Gasteiger partial charge in [-0.3, -0.25) is 9.59 Å². The van der Waals surface area contributed by atoms with E-state index in [1.807, 2.05) is 18.2 Å². The smallest absolute Gasteiger partial charge is 0.230 e. The second kappa shape index (κ2) is 6.68. The molecule has 0 aliphatic heterocycles. The average molecular weight is 306 g/mol. The molecule has 6 nitrogen and oxygen atoms in total. The van der Waals surface area contributed by atoms with Crippen LogP contribution in [0.5, 0.6) is 11.5 Å². The molecule has 1 saturated carbocycles. The Kier molecular flexibility index (Phi) is 4.90. The van der Waals surface area contributed by atoms with E-state index >= 15 is 0 Å². The molecule has 0 unspecified atom stereocenters. The van der Waals surface area contributed by atoms with Gasteiger partial charge in [0.2, 0.25) is 11.8 Å². The number of hydrogen-bond donors (Lipinski definition) is 2. The summed E-state index contributed by atoms with van der Waals surface area (Å²) in [7, 11) is 3.16. The van der Waals surface area contributed by atoms with Crippen molar-refractivity contribution in [3.63, 3.8) is 0 Å². The Balaban J connectivity index is 2.04. The first-order chi connectivity index (χ1) is 10.5. The monoisotopic (exact) mass is 306 g/mol. The molecule has 0 atom stereocenters. The third-order valence-corrected chi connectivity index (χ3v) is 3.91. The van der Waals surface area contributed by atoms with Gasteiger partial charge in [-0.2, -0.15) is 0 Å². The molecule has 6 heteroatoms. The van der Waals surface area contributed by atoms with E-state index in [4.69, 9.17) is 9.47 Å². The van der Waals surface area contributed by atoms with Crippen LogP contribution in [0.1, 0.15) is 25.3 Å². The fraction of sp³-hybridized carbons (Fsp3) is 0.500. The molecule has 0 heterocycles. The van der Waals surface area contributed by atoms with Crippen molar-refractivity contribution in [1.29, 1.82) is 0 Å². The molecule has 1 aromatic carbocycles. The summed E-state index contributed by atoms with van der Waals surface area (Å²) in [6.07, 6.45) is 1.63. The van der Waals surface area contributed by atoms with E-state index in [1.54, 1.807) is 14.2 Å². The molecular formula is C16H22N2O4. The molecule has 2 amide bonds. The standard InChI is InChI=1S/C16H22N2O4/c1-11(19)17-8-9-18-15(20)16(6-7-16)12-4-5-13(21-2)14(10-12)22-3/h4-5,10H,6-9H2,1-3H3,(H,17,19)(H,18,20). The second-order valence-corrected chi connectivity index (χ2v) is 5.39. The zero-order valence-corrected chi connectivity index (χ0v) is 13.2. The van der Waals surface area contributed by atoms with Crippen molar-refractivity contribution in [1.82, 2.24) is 10.6 Å². The third kappa shape index (κ3) is 3.32. The van der Waals surface area contributed by atoms with Crippen LogP contribution in [-0.2, 0) is 15.0 Å². The van der Waals surface area contributed by atoms with Gasteiger partial charge < -0.3 is 20.1 Å². The lowest BCUT2D eigenvalue weighted by Gasteiger charge is -2.17. The maximum atomic E-state index is 12.4. The van der Waals surface area contributed by atoms with E-state index < -0.39 is 5.41 Å². The zero-order chi connectivity index (χ0) is 16.2. The summed E-state index contributed by atoms with van der Waals surface area (Å²) in [4.78, 5) is 23.2. The van der Waals surface area contributed by atoms with E-state index in [1.165, 1.54) is 6.92 Å². The molecular weight excluding hydrogens is 284 g/mol. The van der Waals surface area contributed by atoms with E-state index in [0.29, 0.717) is 24.6 Å². The predicted molar refractivity (Wildman–Crippen MR) is 82.2 cm³/mol. The number of hydrogen-bond acceptors (Lipinski definition) is 4. The maximum absolute atomic E-state index is 12.4. The summed E-state index contributed by atoms with van der Waals surface area (Å²) in [6.45, 7) is 2.31. The van der Waals surface area contributed by atoms with Gasteiger partial charge in [-0.15, -0.1) is 0 Å². The Bertz CT molecular complexity index is 567. The molecule has 2 rings (SSSR count). The molecule has 1 aliphatic carbocycles. The minimum atomic E-state index is -0.476. The van der Waals surface area contributed by atoms with Gasteiger partial charge in [0, 0.05) is 20.0 Å². The maximum Gasteiger partial charge on any atom is 0.230 e. The van der Waals surface area contributed by atoms with Crippen LogP contribution in [-0.4, -0.2) is 39.1 Å². The summed E-state index contributed by atoms with van der Waals surface area (Å²) in [5.41, 5.74) is 0.456. The van der Waals surface area contributed by atoms with Crippen molar-refractivity contribution >= 4 is 11.8 Å². The predicted octanol–water partition coefficient (Wildman–Crippen LogP) is 0.988. The van der Waals surface area contributed by atoms with Gasteiger partial charge in [0.1, 0.15) is 0 Å². The van der Waals surface area contributed by atoms with Gasteiger partial charge in [0.05, 0.1) is 19.6 Å². The lowest BCUT2D eigenvalue weighted by Crippen LogP contribution is -2.39. The molecule has 0 aromatic heterocycles. The van der Waals surface area contributed by atoms with Crippen LogP contribution in [0.3, 0.4) is 0 Å². The number of carbonyl (C=O) groups excluding carboxylic acids is 2. The van der Waals surface area contributed by atoms with Crippen LogP contribution in [0.25, 0.3) is 0 Å². The van der Waals surface area contributed by atoms with Crippen molar-refractivity contribution in [2.24, 2.45) is 0 Å². The highest BCUT2D eigenvalue weighted by Gasteiger charge is 2.51. The molecule has 1 fully saturated rings. The fourth-order valence-corrected chi connectivity index (χ4v) is 2.49. The normalized spacial score (nSPS) is 14.9. The van der Waals surface area contributed by atoms with Crippen LogP contribution < -0.4 is 20.1 Å². The van der Waals surface area contributed by atoms with Crippen molar-refractivity contribution < 1.29 is 19.1 Å². The van der Waals surface area contributed by atoms with Gasteiger partial charge in [-0.25, -0.2) is 0 Å². The first-order valence-corrected chi connectivity index (χ1v) is 7.29. The molecule has 0 spiro atoms. The number of benzene rings is 1. The highest BCUT2D eigenvalue weighted by molar-refractivity contribution is 5.91. The molecule has 1 aliphatic rings. The number of ether oxygens (including phenoxy) is 2. The Morgan fingerprint density at radius 2 is 1.73 bits per heavy atom. The molecule has 0 bridgehead atoms. The molecule has 2 N–H and O–H groups in total. The van der Waals surface area contributed by atoms with Crippen LogP contribution >= 0.6 is 0 Å². The lowest BCUT2D eigenvalue weighted by atomic mass is 9.94. The molecule has 0 saturated heterocycles. The highest BCUT2D eigenvalue weighted by atomic mass is 16.5. The quantitative estimate of drug-likeness (QED) is 0.737. The summed E-state index contributed by atoms with van der Waals surface area (Å²) < 4.78 is 10.5. The lowest BCUT2D eigenvalue weighted by molar-refractivity contribution is -0.124. The SMILES string of the molecule is COc1ccc(C2(C(=O)NCCNC(C)=O)CC2)cc1OC. The number of amides is 2. The molecule has 0 radical (unpaired) electrons. The topological polar surface area (TPSA) is 76.7 Å². The van der Waals surface area contributed by atoms with E-state index in [-0.39, 0.29) is 11.8 Å². The minimum Gasteiger partial charge on any atom is -0.493 e. The number of methoxy groups -OCH3 is 2. The van der Waals surface area contributed by atoms with Crippen molar-refractivity contribution in [2.45, 2.75) is 25.2 Å². The largest absolute Gasteiger partial charge is 0.493 e. The number of carbonyl (C=O) groups is 2. The minimum absolute atomic E-state index is 0.00919. The Morgan fingerprint density at radius 1 is 1.09 bits per heavy atom. The Hall–Kier alpha value is -2.24. The van der Waals surface area contributed by atoms with Crippen LogP contribution in [0.4, 0.5) is 0 Å². The average Bonchev–Trinajstić information content (AvgIpc) is 3.32. The second-order valence-electron chi connectivity index (χ2n) is 5.39. The summed E-state index contributed by atoms with van der Waals surface area (Å²) in [5.74, 6) is 1.16. The summed E-state index contributed by atoms with van der Waals surface area (Å²) >= 11 is 0. The first kappa shape index (κ1) is 16.1. The van der Waals surface area contributed by atoms with Gasteiger partial charge in [-0.1, -0.05) is 6.07 Å². The van der Waals surface area contributed by atoms with Crippen LogP contribution in [0.15, 0.2) is 18.2 Å². The van der Waals surface area contributed by atoms with E-state index in [0.717, 1.165) is 18.4 Å². The Labute approximate surface area is 130 Å². The van der Waals surface area contributed by atoms with Crippen molar-refractivity contribution in [3.8, 4) is 11.5 Å². The zero-order valence-electron chi connectivity index (χ0n) is 13.2. The van der Waals surface area contributed by atoms with Crippen molar-refractivity contribution in [2.75, 3.05) is 27.3 Å². The highest BCUT2D eigenvalue weighted by Crippen LogP contribution is 2.50. The third-order valence-electron chi connectivity index (χ3n) is 3.91. The Morgan fingerprint density at radius 3 is 2.27 bits per heavy atom. The fourth-order valence-electron chi connectivity index (χ4n) is 2.49. The van der Waals surface area contributed by atoms with E-state index in [9.17, 15) is 9.59 Å². The van der Waals surface area contributed by atoms with Gasteiger partial charge in [-0.05, 0) is 30.5 Å².